The molecule has 0 fully saturated rings. The highest BCUT2D eigenvalue weighted by Gasteiger charge is 2.17. The van der Waals surface area contributed by atoms with E-state index >= 15 is 0 Å². The third-order valence-corrected chi connectivity index (χ3v) is 3.05. The number of ketones is 1. The Bertz CT molecular complexity index is 203. The Morgan fingerprint density at radius 2 is 1.86 bits per heavy atom. The normalized spacial score (nSPS) is 16.5. The van der Waals surface area contributed by atoms with E-state index in [1.165, 1.54) is 5.57 Å². The molecule has 0 rings (SSSR count). The van der Waals surface area contributed by atoms with Gasteiger partial charge in [0.15, 0.2) is 0 Å². The molecule has 0 aliphatic heterocycles. The summed E-state index contributed by atoms with van der Waals surface area (Å²) in [5, 5.41) is 0. The highest BCUT2D eigenvalue weighted by Crippen LogP contribution is 2.17. The van der Waals surface area contributed by atoms with E-state index < -0.39 is 0 Å². The molecule has 0 saturated carbocycles. The molecule has 0 aliphatic carbocycles. The van der Waals surface area contributed by atoms with Crippen LogP contribution in [-0.4, -0.2) is 5.78 Å². The summed E-state index contributed by atoms with van der Waals surface area (Å²) < 4.78 is 0. The van der Waals surface area contributed by atoms with Crippen molar-refractivity contribution in [1.29, 1.82) is 0 Å². The monoisotopic (exact) mass is 196 g/mol. The lowest BCUT2D eigenvalue weighted by atomic mass is 9.89. The van der Waals surface area contributed by atoms with Crippen LogP contribution < -0.4 is 0 Å². The number of hydrogen-bond donors (Lipinski definition) is 0. The van der Waals surface area contributed by atoms with E-state index in [4.69, 9.17) is 0 Å². The molecule has 0 saturated heterocycles. The zero-order chi connectivity index (χ0) is 11.1. The van der Waals surface area contributed by atoms with Gasteiger partial charge < -0.3 is 0 Å². The highest BCUT2D eigenvalue weighted by molar-refractivity contribution is 5.82. The Morgan fingerprint density at radius 3 is 2.29 bits per heavy atom. The molecule has 0 aromatic carbocycles. The Kier molecular flexibility index (Phi) is 6.52. The van der Waals surface area contributed by atoms with E-state index in [1.807, 2.05) is 6.92 Å². The van der Waals surface area contributed by atoms with Gasteiger partial charge in [0.1, 0.15) is 5.78 Å². The third kappa shape index (κ3) is 4.59. The molecule has 0 radical (unpaired) electrons. The van der Waals surface area contributed by atoms with Crippen molar-refractivity contribution >= 4 is 5.78 Å². The Hall–Kier alpha value is -0.590. The molecule has 0 amide bonds. The van der Waals surface area contributed by atoms with Crippen LogP contribution in [0.5, 0.6) is 0 Å². The second-order valence-corrected chi connectivity index (χ2v) is 4.29. The Balaban J connectivity index is 3.96. The van der Waals surface area contributed by atoms with Crippen LogP contribution in [0.3, 0.4) is 0 Å². The van der Waals surface area contributed by atoms with Gasteiger partial charge in [0.05, 0.1) is 0 Å². The molecule has 0 spiro atoms. The number of rotatable bonds is 6. The van der Waals surface area contributed by atoms with Crippen LogP contribution in [0.1, 0.15) is 53.9 Å². The summed E-state index contributed by atoms with van der Waals surface area (Å²) in [5.41, 5.74) is 1.38. The van der Waals surface area contributed by atoms with Crippen molar-refractivity contribution in [3.05, 3.63) is 11.6 Å². The van der Waals surface area contributed by atoms with Gasteiger partial charge in [-0.15, -0.1) is 0 Å². The molecule has 0 N–H and O–H groups in total. The summed E-state index contributed by atoms with van der Waals surface area (Å²) in [4.78, 5) is 11.8. The zero-order valence-electron chi connectivity index (χ0n) is 10.3. The van der Waals surface area contributed by atoms with Crippen molar-refractivity contribution in [2.45, 2.75) is 53.9 Å². The van der Waals surface area contributed by atoms with Gasteiger partial charge in [-0.05, 0) is 33.1 Å². The van der Waals surface area contributed by atoms with Crippen molar-refractivity contribution in [3.8, 4) is 0 Å². The van der Waals surface area contributed by atoms with Crippen LogP contribution in [0.4, 0.5) is 0 Å². The van der Waals surface area contributed by atoms with E-state index in [1.54, 1.807) is 0 Å². The summed E-state index contributed by atoms with van der Waals surface area (Å²) in [6.07, 6.45) is 5.14. The van der Waals surface area contributed by atoms with Gasteiger partial charge in [-0.25, -0.2) is 0 Å². The molecule has 0 aromatic heterocycles. The Labute approximate surface area is 88.6 Å². The molecule has 0 aliphatic rings. The first-order chi connectivity index (χ1) is 6.52. The largest absolute Gasteiger partial charge is 0.299 e. The second-order valence-electron chi connectivity index (χ2n) is 4.29. The predicted octanol–water partition coefficient (Wildman–Crippen LogP) is 3.98. The van der Waals surface area contributed by atoms with Gasteiger partial charge in [0.25, 0.3) is 0 Å². The molecule has 82 valence electrons. The van der Waals surface area contributed by atoms with Gasteiger partial charge in [0.2, 0.25) is 0 Å². The first kappa shape index (κ1) is 13.4. The van der Waals surface area contributed by atoms with Crippen LogP contribution >= 0.6 is 0 Å². The summed E-state index contributed by atoms with van der Waals surface area (Å²) >= 11 is 0. The van der Waals surface area contributed by atoms with E-state index in [9.17, 15) is 4.79 Å². The lowest BCUT2D eigenvalue weighted by molar-refractivity contribution is -0.126. The van der Waals surface area contributed by atoms with Crippen molar-refractivity contribution in [2.24, 2.45) is 11.8 Å². The van der Waals surface area contributed by atoms with Crippen LogP contribution in [0, 0.1) is 11.8 Å². The van der Waals surface area contributed by atoms with Crippen LogP contribution in [-0.2, 0) is 4.79 Å². The molecule has 1 heteroatoms. The molecule has 2 unspecified atom stereocenters. The lowest BCUT2D eigenvalue weighted by Gasteiger charge is -2.14. The minimum Gasteiger partial charge on any atom is -0.299 e. The van der Waals surface area contributed by atoms with E-state index in [2.05, 4.69) is 33.8 Å². The van der Waals surface area contributed by atoms with Crippen molar-refractivity contribution in [2.75, 3.05) is 0 Å². The number of Topliss-reactive ketones (excluding diaryl/α,β-unsaturated/α-hetero) is 1. The number of hydrogen-bond acceptors (Lipinski definition) is 1. The smallest absolute Gasteiger partial charge is 0.138 e. The average Bonchev–Trinajstić information content (AvgIpc) is 2.22. The fraction of sp³-hybridized carbons (Fsp3) is 0.769. The average molecular weight is 196 g/mol. The number of carbonyl (C=O) groups is 1. The molecular weight excluding hydrogens is 172 g/mol. The van der Waals surface area contributed by atoms with Gasteiger partial charge in [0, 0.05) is 11.8 Å². The van der Waals surface area contributed by atoms with Crippen molar-refractivity contribution < 1.29 is 4.79 Å². The predicted molar refractivity (Wildman–Crippen MR) is 62.3 cm³/mol. The summed E-state index contributed by atoms with van der Waals surface area (Å²) in [7, 11) is 0. The molecule has 0 bridgehead atoms. The maximum absolute atomic E-state index is 11.8. The number of allylic oxidation sites excluding steroid dienone is 2. The van der Waals surface area contributed by atoms with Crippen molar-refractivity contribution in [1.82, 2.24) is 0 Å². The molecule has 14 heavy (non-hydrogen) atoms. The zero-order valence-corrected chi connectivity index (χ0v) is 10.3. The molecule has 2 atom stereocenters. The molecular formula is C13H24O. The standard InChI is InChI=1S/C13H24O/c1-6-10(3)8-9-12(5)13(14)11(4)7-2/h6,11-12H,7-9H2,1-5H3/b10-6+. The third-order valence-electron chi connectivity index (χ3n) is 3.05. The molecule has 1 nitrogen and oxygen atoms in total. The van der Waals surface area contributed by atoms with Gasteiger partial charge >= 0.3 is 0 Å². The van der Waals surface area contributed by atoms with E-state index in [-0.39, 0.29) is 11.8 Å². The maximum Gasteiger partial charge on any atom is 0.138 e. The maximum atomic E-state index is 11.8. The Morgan fingerprint density at radius 1 is 1.29 bits per heavy atom. The minimum atomic E-state index is 0.222. The first-order valence-electron chi connectivity index (χ1n) is 5.68. The van der Waals surface area contributed by atoms with E-state index in [0.717, 1.165) is 19.3 Å². The first-order valence-corrected chi connectivity index (χ1v) is 5.68. The highest BCUT2D eigenvalue weighted by atomic mass is 16.1. The quantitative estimate of drug-likeness (QED) is 0.587. The topological polar surface area (TPSA) is 17.1 Å². The minimum absolute atomic E-state index is 0.222. The van der Waals surface area contributed by atoms with E-state index in [0.29, 0.717) is 5.78 Å². The summed E-state index contributed by atoms with van der Waals surface area (Å²) in [6.45, 7) is 10.3. The van der Waals surface area contributed by atoms with Gasteiger partial charge in [-0.1, -0.05) is 32.4 Å². The second kappa shape index (κ2) is 6.80. The van der Waals surface area contributed by atoms with Crippen LogP contribution in [0.2, 0.25) is 0 Å². The summed E-state index contributed by atoms with van der Waals surface area (Å²) in [5.74, 6) is 0.882. The van der Waals surface area contributed by atoms with Crippen LogP contribution in [0.15, 0.2) is 11.6 Å². The van der Waals surface area contributed by atoms with Gasteiger partial charge in [-0.2, -0.15) is 0 Å². The fourth-order valence-electron chi connectivity index (χ4n) is 1.42. The number of carbonyl (C=O) groups excluding carboxylic acids is 1. The SMILES string of the molecule is C/C=C(\C)CCC(C)C(=O)C(C)CC. The fourth-order valence-corrected chi connectivity index (χ4v) is 1.42. The van der Waals surface area contributed by atoms with Crippen molar-refractivity contribution in [3.63, 3.8) is 0 Å². The van der Waals surface area contributed by atoms with Crippen LogP contribution in [0.25, 0.3) is 0 Å². The summed E-state index contributed by atoms with van der Waals surface area (Å²) in [6, 6.07) is 0. The molecule has 0 aromatic rings. The lowest BCUT2D eigenvalue weighted by Crippen LogP contribution is -2.18. The van der Waals surface area contributed by atoms with Gasteiger partial charge in [-0.3, -0.25) is 4.79 Å². The molecule has 0 heterocycles.